The first-order valence-electron chi connectivity index (χ1n) is 5.65. The maximum absolute atomic E-state index is 13.7. The predicted molar refractivity (Wildman–Crippen MR) is 68.1 cm³/mol. The lowest BCUT2D eigenvalue weighted by Gasteiger charge is -2.29. The molecule has 19 heavy (non-hydrogen) atoms. The topological polar surface area (TPSA) is 57.6 Å². The van der Waals surface area contributed by atoms with Crippen molar-refractivity contribution in [2.45, 2.75) is 23.8 Å². The highest BCUT2D eigenvalue weighted by molar-refractivity contribution is 9.10. The summed E-state index contributed by atoms with van der Waals surface area (Å²) in [5.74, 6) is -2.01. The van der Waals surface area contributed by atoms with Gasteiger partial charge in [0.25, 0.3) is 0 Å². The molecule has 1 saturated heterocycles. The molecular weight excluding hydrogens is 344 g/mol. The van der Waals surface area contributed by atoms with Crippen molar-refractivity contribution < 1.29 is 22.3 Å². The van der Waals surface area contributed by atoms with Crippen LogP contribution >= 0.6 is 15.9 Å². The highest BCUT2D eigenvalue weighted by atomic mass is 79.9. The van der Waals surface area contributed by atoms with Crippen LogP contribution in [0.5, 0.6) is 0 Å². The Hall–Kier alpha value is -0.570. The second kappa shape index (κ2) is 5.43. The zero-order valence-corrected chi connectivity index (χ0v) is 12.2. The third-order valence-electron chi connectivity index (χ3n) is 2.92. The Kier molecular flexibility index (Phi) is 4.24. The van der Waals surface area contributed by atoms with Gasteiger partial charge in [-0.3, -0.25) is 0 Å². The smallest absolute Gasteiger partial charge is 0.247 e. The molecule has 0 saturated carbocycles. The third-order valence-corrected chi connectivity index (χ3v) is 5.75. The molecule has 1 heterocycles. The average Bonchev–Trinajstić information content (AvgIpc) is 2.26. The van der Waals surface area contributed by atoms with E-state index in [1.54, 1.807) is 0 Å². The second-order valence-corrected chi connectivity index (χ2v) is 7.09. The minimum Gasteiger partial charge on any atom is -0.392 e. The Bertz CT molecular complexity index is 571. The van der Waals surface area contributed by atoms with Crippen LogP contribution in [0.4, 0.5) is 8.78 Å². The molecule has 1 N–H and O–H groups in total. The van der Waals surface area contributed by atoms with Crippen LogP contribution in [-0.2, 0) is 10.0 Å². The largest absolute Gasteiger partial charge is 0.392 e. The highest BCUT2D eigenvalue weighted by Gasteiger charge is 2.33. The number of rotatable bonds is 2. The van der Waals surface area contributed by atoms with Crippen molar-refractivity contribution in [1.82, 2.24) is 4.31 Å². The number of sulfonamides is 1. The average molecular weight is 356 g/mol. The number of nitrogens with zero attached hydrogens (tertiary/aromatic N) is 1. The summed E-state index contributed by atoms with van der Waals surface area (Å²) in [7, 11) is -4.09. The lowest BCUT2D eigenvalue weighted by Crippen LogP contribution is -2.42. The Morgan fingerprint density at radius 3 is 2.63 bits per heavy atom. The summed E-state index contributed by atoms with van der Waals surface area (Å²) in [4.78, 5) is -0.594. The number of β-amino-alcohol motifs (C(OH)–C–C–N with tert-alkyl or cyclic N) is 1. The standard InChI is InChI=1S/C11H12BrF2NO3S/c12-9-4-7(13)5-10(14)11(9)19(17,18)15-3-1-2-8(16)6-15/h4-5,8,16H,1-3,6H2/t8-/m0/s1. The zero-order chi connectivity index (χ0) is 14.2. The molecule has 0 bridgehead atoms. The number of aliphatic hydroxyl groups excluding tert-OH is 1. The minimum atomic E-state index is -4.09. The van der Waals surface area contributed by atoms with Crippen molar-refractivity contribution in [3.8, 4) is 0 Å². The van der Waals surface area contributed by atoms with Gasteiger partial charge in [-0.15, -0.1) is 0 Å². The summed E-state index contributed by atoms with van der Waals surface area (Å²) >= 11 is 2.87. The first-order chi connectivity index (χ1) is 8.82. The molecule has 1 aliphatic rings. The summed E-state index contributed by atoms with van der Waals surface area (Å²) in [5.41, 5.74) is 0. The van der Waals surface area contributed by atoms with E-state index >= 15 is 0 Å². The Morgan fingerprint density at radius 2 is 2.05 bits per heavy atom. The molecule has 0 aliphatic carbocycles. The van der Waals surface area contributed by atoms with Crippen LogP contribution in [0.2, 0.25) is 0 Å². The van der Waals surface area contributed by atoms with Gasteiger partial charge in [0.15, 0.2) is 0 Å². The number of hydrogen-bond acceptors (Lipinski definition) is 3. The summed E-state index contributed by atoms with van der Waals surface area (Å²) in [6, 6.07) is 1.42. The minimum absolute atomic E-state index is 0.0778. The molecule has 0 amide bonds. The molecule has 4 nitrogen and oxygen atoms in total. The summed E-state index contributed by atoms with van der Waals surface area (Å²) in [6.45, 7) is 0.133. The van der Waals surface area contributed by atoms with E-state index in [0.29, 0.717) is 18.9 Å². The molecule has 0 radical (unpaired) electrons. The van der Waals surface area contributed by atoms with Crippen LogP contribution in [0.3, 0.4) is 0 Å². The Balaban J connectivity index is 2.45. The highest BCUT2D eigenvalue weighted by Crippen LogP contribution is 2.30. The van der Waals surface area contributed by atoms with Gasteiger partial charge in [-0.1, -0.05) is 0 Å². The van der Waals surface area contributed by atoms with Crippen LogP contribution in [0.15, 0.2) is 21.5 Å². The normalized spacial score (nSPS) is 21.6. The SMILES string of the molecule is O=S(=O)(c1c(F)cc(F)cc1Br)N1CCC[C@H](O)C1. The number of halogens is 3. The molecule has 1 aromatic carbocycles. The van der Waals surface area contributed by atoms with E-state index in [4.69, 9.17) is 0 Å². The van der Waals surface area contributed by atoms with Crippen LogP contribution < -0.4 is 0 Å². The van der Waals surface area contributed by atoms with Gasteiger partial charge in [0, 0.05) is 23.6 Å². The van der Waals surface area contributed by atoms with Gasteiger partial charge in [0.1, 0.15) is 16.5 Å². The molecule has 1 fully saturated rings. The van der Waals surface area contributed by atoms with E-state index < -0.39 is 32.7 Å². The molecule has 2 rings (SSSR count). The molecule has 1 aliphatic heterocycles. The van der Waals surface area contributed by atoms with Gasteiger partial charge in [0.2, 0.25) is 10.0 Å². The van der Waals surface area contributed by atoms with Gasteiger partial charge in [-0.05, 0) is 34.8 Å². The van der Waals surface area contributed by atoms with Crippen LogP contribution in [0.1, 0.15) is 12.8 Å². The lowest BCUT2D eigenvalue weighted by molar-refractivity contribution is 0.108. The molecule has 106 valence electrons. The Labute approximate surface area is 118 Å². The molecule has 0 unspecified atom stereocenters. The van der Waals surface area contributed by atoms with Gasteiger partial charge < -0.3 is 5.11 Å². The molecule has 8 heteroatoms. The monoisotopic (exact) mass is 355 g/mol. The second-order valence-electron chi connectivity index (χ2n) is 4.36. The van der Waals surface area contributed by atoms with Crippen molar-refractivity contribution in [2.75, 3.05) is 13.1 Å². The van der Waals surface area contributed by atoms with Crippen molar-refractivity contribution in [1.29, 1.82) is 0 Å². The molecule has 1 aromatic rings. The van der Waals surface area contributed by atoms with Crippen molar-refractivity contribution in [3.05, 3.63) is 28.2 Å². The van der Waals surface area contributed by atoms with E-state index in [0.717, 1.165) is 10.4 Å². The predicted octanol–water partition coefficient (Wildman–Crippen LogP) is 1.87. The van der Waals surface area contributed by atoms with Crippen LogP contribution in [0, 0.1) is 11.6 Å². The molecule has 0 aromatic heterocycles. The van der Waals surface area contributed by atoms with Gasteiger partial charge in [-0.25, -0.2) is 17.2 Å². The van der Waals surface area contributed by atoms with Crippen LogP contribution in [-0.4, -0.2) is 37.0 Å². The number of aliphatic hydroxyl groups is 1. The summed E-state index contributed by atoms with van der Waals surface area (Å²) in [6.07, 6.45) is 0.255. The number of hydrogen-bond donors (Lipinski definition) is 1. The van der Waals surface area contributed by atoms with E-state index in [1.807, 2.05) is 0 Å². The first-order valence-corrected chi connectivity index (χ1v) is 7.88. The van der Waals surface area contributed by atoms with E-state index in [2.05, 4.69) is 15.9 Å². The maximum Gasteiger partial charge on any atom is 0.247 e. The van der Waals surface area contributed by atoms with Crippen molar-refractivity contribution in [3.63, 3.8) is 0 Å². The Morgan fingerprint density at radius 1 is 1.37 bits per heavy atom. The van der Waals surface area contributed by atoms with E-state index in [-0.39, 0.29) is 17.6 Å². The maximum atomic E-state index is 13.7. The molecule has 0 spiro atoms. The quantitative estimate of drug-likeness (QED) is 0.880. The fraction of sp³-hybridized carbons (Fsp3) is 0.455. The van der Waals surface area contributed by atoms with Gasteiger partial charge >= 0.3 is 0 Å². The van der Waals surface area contributed by atoms with Crippen molar-refractivity contribution >= 4 is 26.0 Å². The third kappa shape index (κ3) is 2.96. The molecule has 1 atom stereocenters. The fourth-order valence-corrected chi connectivity index (χ4v) is 4.67. The molecular formula is C11H12BrF2NO3S. The summed E-state index contributed by atoms with van der Waals surface area (Å²) < 4.78 is 52.2. The van der Waals surface area contributed by atoms with Gasteiger partial charge in [0.05, 0.1) is 6.10 Å². The number of benzene rings is 1. The van der Waals surface area contributed by atoms with Gasteiger partial charge in [-0.2, -0.15) is 4.31 Å². The van der Waals surface area contributed by atoms with Crippen molar-refractivity contribution in [2.24, 2.45) is 0 Å². The number of piperidine rings is 1. The lowest BCUT2D eigenvalue weighted by atomic mass is 10.1. The summed E-state index contributed by atoms with van der Waals surface area (Å²) in [5, 5.41) is 9.50. The zero-order valence-electron chi connectivity index (χ0n) is 9.81. The first kappa shape index (κ1) is 14.8. The van der Waals surface area contributed by atoms with Crippen LogP contribution in [0.25, 0.3) is 0 Å². The van der Waals surface area contributed by atoms with E-state index in [1.165, 1.54) is 0 Å². The fourth-order valence-electron chi connectivity index (χ4n) is 2.04. The van der Waals surface area contributed by atoms with E-state index in [9.17, 15) is 22.3 Å².